The molecule has 4 aliphatic rings. The van der Waals surface area contributed by atoms with Crippen LogP contribution in [-0.2, 0) is 19.1 Å². The minimum absolute atomic E-state index is 0.0990. The predicted molar refractivity (Wildman–Crippen MR) is 140 cm³/mol. The number of halogens is 6. The van der Waals surface area contributed by atoms with E-state index in [4.69, 9.17) is 9.47 Å². The molecule has 4 aliphatic carbocycles. The van der Waals surface area contributed by atoms with Gasteiger partial charge in [0.15, 0.2) is 0 Å². The molecule has 0 radical (unpaired) electrons. The molecule has 0 heterocycles. The Balaban J connectivity index is 1.52. The first-order valence-electron chi connectivity index (χ1n) is 14.5. The number of hydrogen-bond donors (Lipinski definition) is 1. The lowest BCUT2D eigenvalue weighted by atomic mass is 9.59. The van der Waals surface area contributed by atoms with Crippen LogP contribution in [0.25, 0.3) is 0 Å². The molecule has 0 aromatic rings. The monoisotopic (exact) mass is 604 g/mol. The normalized spacial score (nSPS) is 33.0. The molecule has 234 valence electrons. The van der Waals surface area contributed by atoms with E-state index in [9.17, 15) is 41.0 Å². The Morgan fingerprint density at radius 3 is 2.02 bits per heavy atom. The second-order valence-corrected chi connectivity index (χ2v) is 12.8. The predicted octanol–water partition coefficient (Wildman–Crippen LogP) is 7.13. The Morgan fingerprint density at radius 1 is 0.952 bits per heavy atom. The molecule has 0 spiro atoms. The van der Waals surface area contributed by atoms with Gasteiger partial charge >= 0.3 is 29.9 Å². The molecular formula is C31H38F6O5. The molecule has 3 unspecified atom stereocenters. The molecule has 1 N–H and O–H groups in total. The van der Waals surface area contributed by atoms with Gasteiger partial charge in [-0.25, -0.2) is 0 Å². The van der Waals surface area contributed by atoms with Crippen molar-refractivity contribution in [2.45, 2.75) is 122 Å². The smallest absolute Gasteiger partial charge is 0.438 e. The summed E-state index contributed by atoms with van der Waals surface area (Å²) < 4.78 is 89.4. The van der Waals surface area contributed by atoms with Gasteiger partial charge in [-0.15, -0.1) is 0 Å². The van der Waals surface area contributed by atoms with E-state index in [-0.39, 0.29) is 35.9 Å². The summed E-state index contributed by atoms with van der Waals surface area (Å²) in [6.07, 6.45) is -1.42. The molecule has 4 saturated carbocycles. The van der Waals surface area contributed by atoms with Gasteiger partial charge in [0.05, 0.1) is 0 Å². The van der Waals surface area contributed by atoms with Crippen LogP contribution in [-0.4, -0.2) is 47.2 Å². The first kappa shape index (κ1) is 32.4. The number of alkyl halides is 6. The molecule has 4 rings (SSSR count). The quantitative estimate of drug-likeness (QED) is 0.205. The molecule has 42 heavy (non-hydrogen) atoms. The molecule has 0 aromatic carbocycles. The second-order valence-electron chi connectivity index (χ2n) is 12.8. The van der Waals surface area contributed by atoms with Crippen molar-refractivity contribution < 1.29 is 50.5 Å². The highest BCUT2D eigenvalue weighted by Gasteiger charge is 2.70. The maximum atomic E-state index is 13.1. The van der Waals surface area contributed by atoms with Crippen molar-refractivity contribution in [2.75, 3.05) is 0 Å². The fourth-order valence-electron chi connectivity index (χ4n) is 7.84. The van der Waals surface area contributed by atoms with Crippen LogP contribution >= 0.6 is 0 Å². The Bertz CT molecular complexity index is 1140. The molecule has 0 amide bonds. The van der Waals surface area contributed by atoms with Crippen LogP contribution in [0.2, 0.25) is 0 Å². The van der Waals surface area contributed by atoms with E-state index in [1.807, 2.05) is 6.08 Å². The van der Waals surface area contributed by atoms with E-state index >= 15 is 0 Å². The Kier molecular flexibility index (Phi) is 8.92. The summed E-state index contributed by atoms with van der Waals surface area (Å²) in [5.41, 5.74) is -3.41. The summed E-state index contributed by atoms with van der Waals surface area (Å²) in [4.78, 5) is 23.1. The van der Waals surface area contributed by atoms with Crippen LogP contribution in [0.4, 0.5) is 26.3 Å². The lowest BCUT2D eigenvalue weighted by molar-refractivity contribution is -0.343. The van der Waals surface area contributed by atoms with E-state index in [0.717, 1.165) is 43.6 Å². The zero-order chi connectivity index (χ0) is 31.1. The van der Waals surface area contributed by atoms with E-state index in [2.05, 4.69) is 18.9 Å². The maximum absolute atomic E-state index is 13.1. The molecule has 0 bridgehead atoms. The molecule has 0 aliphatic heterocycles. The Hall–Kier alpha value is -2.48. The summed E-state index contributed by atoms with van der Waals surface area (Å²) in [5.74, 6) is 2.78. The molecule has 11 heteroatoms. The second kappa shape index (κ2) is 11.5. The van der Waals surface area contributed by atoms with E-state index in [1.165, 1.54) is 19.4 Å². The lowest BCUT2D eigenvalue weighted by Gasteiger charge is -2.45. The first-order valence-corrected chi connectivity index (χ1v) is 14.5. The zero-order valence-corrected chi connectivity index (χ0v) is 24.1. The summed E-state index contributed by atoms with van der Waals surface area (Å²) >= 11 is 0. The number of hydrogen-bond acceptors (Lipinski definition) is 5. The molecule has 5 atom stereocenters. The molecule has 0 aromatic heterocycles. The number of carbonyl (C=O) groups is 2. The number of rotatable bonds is 5. The van der Waals surface area contributed by atoms with Gasteiger partial charge in [-0.1, -0.05) is 36.1 Å². The van der Waals surface area contributed by atoms with Crippen LogP contribution in [0.15, 0.2) is 23.3 Å². The van der Waals surface area contributed by atoms with Crippen molar-refractivity contribution in [1.82, 2.24) is 0 Å². The Labute approximate surface area is 242 Å². The van der Waals surface area contributed by atoms with Crippen LogP contribution in [0.1, 0.15) is 91.4 Å². The minimum atomic E-state index is -5.95. The van der Waals surface area contributed by atoms with Gasteiger partial charge in [0.1, 0.15) is 12.2 Å². The highest BCUT2D eigenvalue weighted by atomic mass is 19.4. The first-order chi connectivity index (χ1) is 19.4. The highest BCUT2D eigenvalue weighted by Crippen LogP contribution is 2.69. The van der Waals surface area contributed by atoms with Gasteiger partial charge in [0.2, 0.25) is 0 Å². The van der Waals surface area contributed by atoms with Crippen LogP contribution in [0, 0.1) is 34.5 Å². The number of esters is 2. The van der Waals surface area contributed by atoms with Crippen molar-refractivity contribution in [1.29, 1.82) is 0 Å². The summed E-state index contributed by atoms with van der Waals surface area (Å²) in [6.45, 7) is 4.86. The third kappa shape index (κ3) is 6.53. The number of ether oxygens (including phenoxy) is 2. The third-order valence-corrected chi connectivity index (χ3v) is 9.83. The van der Waals surface area contributed by atoms with Gasteiger partial charge in [-0.2, -0.15) is 26.3 Å². The van der Waals surface area contributed by atoms with E-state index in [0.29, 0.717) is 32.1 Å². The van der Waals surface area contributed by atoms with Crippen LogP contribution in [0.3, 0.4) is 0 Å². The highest BCUT2D eigenvalue weighted by molar-refractivity contribution is 5.67. The largest absolute Gasteiger partial charge is 0.462 e. The standard InChI is InChI=1S/C31H38F6O5/c1-19(38)41-23-16-21(17-24(18-23)42-20(2)39)7-8-22-6-4-11-27(3)25(22)9-10-26(27)28(14-15-28)12-5-13-29(40,30(32,33)34)31(35,36)37/h7-8,23-26,40H,4,6,9-12,14-18H2,1-3H3/t23-,24?,25?,26?,27+/m1/s1. The van der Waals surface area contributed by atoms with Gasteiger partial charge < -0.3 is 14.6 Å². The lowest BCUT2D eigenvalue weighted by Crippen LogP contribution is -2.55. The zero-order valence-electron chi connectivity index (χ0n) is 24.1. The number of allylic oxidation sites excluding steroid dienone is 3. The van der Waals surface area contributed by atoms with Gasteiger partial charge in [-0.05, 0) is 73.5 Å². The average Bonchev–Trinajstić information content (AvgIpc) is 3.52. The molecular weight excluding hydrogens is 566 g/mol. The SMILES string of the molecule is CC(=O)OC1CC(=CC=C2CCC[C@@]3(C)C2CCC3C2(CC#CC(O)(C(F)(F)F)C(F)(F)F)CC2)C[C@@H](OC(C)=O)C1. The third-order valence-electron chi connectivity index (χ3n) is 9.83. The van der Waals surface area contributed by atoms with Crippen molar-refractivity contribution in [3.8, 4) is 11.8 Å². The van der Waals surface area contributed by atoms with E-state index < -0.39 is 35.3 Å². The van der Waals surface area contributed by atoms with Crippen molar-refractivity contribution in [2.24, 2.45) is 22.7 Å². The molecule has 4 fully saturated rings. The summed E-state index contributed by atoms with van der Waals surface area (Å²) in [7, 11) is 0. The van der Waals surface area contributed by atoms with Crippen LogP contribution < -0.4 is 0 Å². The fraction of sp³-hybridized carbons (Fsp3) is 0.742. The van der Waals surface area contributed by atoms with E-state index in [1.54, 1.807) is 0 Å². The molecule has 5 nitrogen and oxygen atoms in total. The van der Waals surface area contributed by atoms with Crippen LogP contribution in [0.5, 0.6) is 0 Å². The number of carbonyl (C=O) groups excluding carboxylic acids is 2. The van der Waals surface area contributed by atoms with Gasteiger partial charge in [-0.3, -0.25) is 9.59 Å². The summed E-state index contributed by atoms with van der Waals surface area (Å²) in [6, 6.07) is 0. The number of fused-ring (bicyclic) bond motifs is 1. The fourth-order valence-corrected chi connectivity index (χ4v) is 7.84. The topological polar surface area (TPSA) is 72.8 Å². The number of aliphatic hydroxyl groups is 1. The van der Waals surface area contributed by atoms with Crippen molar-refractivity contribution in [3.05, 3.63) is 23.3 Å². The van der Waals surface area contributed by atoms with Crippen molar-refractivity contribution in [3.63, 3.8) is 0 Å². The maximum Gasteiger partial charge on any atom is 0.438 e. The van der Waals surface area contributed by atoms with Crippen molar-refractivity contribution >= 4 is 11.9 Å². The minimum Gasteiger partial charge on any atom is -0.462 e. The Morgan fingerprint density at radius 2 is 1.52 bits per heavy atom. The van der Waals surface area contributed by atoms with Gasteiger partial charge in [0, 0.05) is 39.5 Å². The summed E-state index contributed by atoms with van der Waals surface area (Å²) in [5, 5.41) is 9.44. The van der Waals surface area contributed by atoms with Gasteiger partial charge in [0.25, 0.3) is 0 Å². The average molecular weight is 605 g/mol. The molecule has 0 saturated heterocycles.